The molecule has 8 heteroatoms. The first-order valence-corrected chi connectivity index (χ1v) is 8.61. The quantitative estimate of drug-likeness (QED) is 0.803. The van der Waals surface area contributed by atoms with E-state index in [1.54, 1.807) is 12.1 Å². The van der Waals surface area contributed by atoms with Crippen molar-refractivity contribution in [3.8, 4) is 12.1 Å². The largest absolute Gasteiger partial charge is 0.269 e. The highest BCUT2D eigenvalue weighted by molar-refractivity contribution is 7.86. The molecule has 0 spiro atoms. The van der Waals surface area contributed by atoms with Crippen molar-refractivity contribution in [3.05, 3.63) is 81.8 Å². The Balaban J connectivity index is 1.98. The van der Waals surface area contributed by atoms with Gasteiger partial charge >= 0.3 is 0 Å². The zero-order valence-electron chi connectivity index (χ0n) is 13.6. The van der Waals surface area contributed by atoms with Crippen LogP contribution < -0.4 is 4.72 Å². The van der Waals surface area contributed by atoms with Crippen molar-refractivity contribution in [2.45, 2.75) is 0 Å². The average molecular weight is 383 g/mol. The fourth-order valence-corrected chi connectivity index (χ4v) is 2.54. The van der Waals surface area contributed by atoms with Crippen molar-refractivity contribution in [3.63, 3.8) is 0 Å². The van der Waals surface area contributed by atoms with Crippen LogP contribution in [0.15, 0.2) is 47.9 Å². The molecule has 2 aromatic carbocycles. The molecule has 0 aliphatic heterocycles. The summed E-state index contributed by atoms with van der Waals surface area (Å²) in [6, 6.07) is 11.1. The first-order valence-electron chi connectivity index (χ1n) is 7.39. The van der Waals surface area contributed by atoms with Crippen molar-refractivity contribution in [2.24, 2.45) is 0 Å². The van der Waals surface area contributed by atoms with Crippen molar-refractivity contribution in [1.29, 1.82) is 10.5 Å². The molecule has 1 atom stereocenters. The number of carbonyl (C=O) groups is 1. The summed E-state index contributed by atoms with van der Waals surface area (Å²) >= 11 is 0. The number of amides is 1. The zero-order valence-corrected chi connectivity index (χ0v) is 14.5. The summed E-state index contributed by atoms with van der Waals surface area (Å²) in [5.41, 5.74) is 0.492. The summed E-state index contributed by atoms with van der Waals surface area (Å²) in [5, 5.41) is 18.4. The lowest BCUT2D eigenvalue weighted by Gasteiger charge is -1.99. The third kappa shape index (κ3) is 5.70. The van der Waals surface area contributed by atoms with E-state index in [0.717, 1.165) is 23.6 Å². The zero-order chi connectivity index (χ0) is 19.8. The molecule has 134 valence electrons. The molecule has 0 aromatic heterocycles. The number of nitrogens with zero attached hydrogens (tertiary/aromatic N) is 2. The number of nitrogens with one attached hydrogen (secondary N) is 1. The van der Waals surface area contributed by atoms with Gasteiger partial charge in [0, 0.05) is 22.6 Å². The maximum absolute atomic E-state index is 13.7. The number of carbonyl (C=O) groups excluding carboxylic acids is 1. The van der Waals surface area contributed by atoms with Crippen LogP contribution in [0.1, 0.15) is 22.3 Å². The van der Waals surface area contributed by atoms with E-state index in [1.807, 2.05) is 0 Å². The van der Waals surface area contributed by atoms with Gasteiger partial charge in [-0.3, -0.25) is 9.52 Å². The molecule has 1 amide bonds. The molecule has 27 heavy (non-hydrogen) atoms. The van der Waals surface area contributed by atoms with E-state index in [-0.39, 0.29) is 22.3 Å². The van der Waals surface area contributed by atoms with Gasteiger partial charge in [0.1, 0.15) is 22.6 Å². The van der Waals surface area contributed by atoms with Gasteiger partial charge < -0.3 is 0 Å². The summed E-state index contributed by atoms with van der Waals surface area (Å²) in [6.45, 7) is 0. The predicted molar refractivity (Wildman–Crippen MR) is 96.6 cm³/mol. The van der Waals surface area contributed by atoms with Crippen LogP contribution in [-0.2, 0) is 15.8 Å². The highest BCUT2D eigenvalue weighted by Crippen LogP contribution is 2.13. The number of rotatable bonds is 5. The van der Waals surface area contributed by atoms with E-state index >= 15 is 0 Å². The number of hydrogen-bond donors (Lipinski definition) is 1. The van der Waals surface area contributed by atoms with Gasteiger partial charge in [-0.05, 0) is 36.4 Å². The van der Waals surface area contributed by atoms with Crippen LogP contribution >= 0.6 is 0 Å². The van der Waals surface area contributed by atoms with Gasteiger partial charge in [-0.1, -0.05) is 12.1 Å². The standard InChI is InChI=1S/C19H11F2N3O2S/c20-17-9-13(11-22)1-3-15(17)5-6-19(25)24-27(26)8-7-16-4-2-14(12-23)10-18(16)21/h1-10H,(H,24,25)/b6-5-,8-7+. The monoisotopic (exact) mass is 383 g/mol. The Morgan fingerprint density at radius 3 is 1.96 bits per heavy atom. The summed E-state index contributed by atoms with van der Waals surface area (Å²) in [4.78, 5) is 11.7. The van der Waals surface area contributed by atoms with E-state index in [1.165, 1.54) is 36.4 Å². The highest BCUT2D eigenvalue weighted by atomic mass is 32.2. The minimum absolute atomic E-state index is 0.0881. The topological polar surface area (TPSA) is 93.8 Å². The molecule has 1 unspecified atom stereocenters. The lowest BCUT2D eigenvalue weighted by Crippen LogP contribution is -2.21. The molecule has 2 rings (SSSR count). The fraction of sp³-hybridized carbons (Fsp3) is 0. The first kappa shape index (κ1) is 19.7. The second-order valence-electron chi connectivity index (χ2n) is 5.10. The van der Waals surface area contributed by atoms with Gasteiger partial charge in [-0.15, -0.1) is 0 Å². The van der Waals surface area contributed by atoms with Crippen molar-refractivity contribution >= 4 is 29.0 Å². The summed E-state index contributed by atoms with van der Waals surface area (Å²) in [7, 11) is -1.93. The Morgan fingerprint density at radius 1 is 0.963 bits per heavy atom. The van der Waals surface area contributed by atoms with E-state index in [9.17, 15) is 17.8 Å². The SMILES string of the molecule is N#Cc1ccc(/C=C\C(=O)NS(=O)/C=C/c2ccc(C#N)cc2F)c(F)c1. The average Bonchev–Trinajstić information content (AvgIpc) is 2.65. The van der Waals surface area contributed by atoms with Crippen LogP contribution in [0.5, 0.6) is 0 Å². The van der Waals surface area contributed by atoms with E-state index in [4.69, 9.17) is 10.5 Å². The second-order valence-corrected chi connectivity index (χ2v) is 6.17. The normalized spacial score (nSPS) is 11.9. The van der Waals surface area contributed by atoms with Crippen LogP contribution in [0, 0.1) is 34.3 Å². The molecule has 0 radical (unpaired) electrons. The number of nitriles is 2. The van der Waals surface area contributed by atoms with Gasteiger partial charge in [0.25, 0.3) is 5.91 Å². The maximum atomic E-state index is 13.7. The molecular weight excluding hydrogens is 372 g/mol. The summed E-state index contributed by atoms with van der Waals surface area (Å²) in [6.07, 6.45) is 3.36. The third-order valence-electron chi connectivity index (χ3n) is 3.25. The lowest BCUT2D eigenvalue weighted by atomic mass is 10.1. The van der Waals surface area contributed by atoms with Crippen LogP contribution in [0.25, 0.3) is 12.2 Å². The van der Waals surface area contributed by atoms with Gasteiger partial charge in [0.05, 0.1) is 23.3 Å². The number of halogens is 2. The van der Waals surface area contributed by atoms with E-state index in [0.29, 0.717) is 0 Å². The molecule has 0 saturated carbocycles. The van der Waals surface area contributed by atoms with Crippen LogP contribution in [-0.4, -0.2) is 10.1 Å². The van der Waals surface area contributed by atoms with Crippen molar-refractivity contribution in [2.75, 3.05) is 0 Å². The minimum Gasteiger partial charge on any atom is -0.269 e. The second kappa shape index (κ2) is 9.18. The van der Waals surface area contributed by atoms with Crippen molar-refractivity contribution < 1.29 is 17.8 Å². The predicted octanol–water partition coefficient (Wildman–Crippen LogP) is 3.17. The molecule has 0 aliphatic rings. The molecule has 0 fully saturated rings. The third-order valence-corrected chi connectivity index (χ3v) is 4.03. The lowest BCUT2D eigenvalue weighted by molar-refractivity contribution is -0.114. The van der Waals surface area contributed by atoms with Crippen LogP contribution in [0.3, 0.4) is 0 Å². The number of hydrogen-bond acceptors (Lipinski definition) is 4. The Morgan fingerprint density at radius 2 is 1.48 bits per heavy atom. The van der Waals surface area contributed by atoms with E-state index in [2.05, 4.69) is 4.72 Å². The Kier molecular flexibility index (Phi) is 6.70. The summed E-state index contributed by atoms with van der Waals surface area (Å²) in [5.74, 6) is -2.08. The molecule has 2 aromatic rings. The van der Waals surface area contributed by atoms with Crippen molar-refractivity contribution in [1.82, 2.24) is 4.72 Å². The Bertz CT molecular complexity index is 966. The maximum Gasteiger partial charge on any atom is 0.255 e. The van der Waals surface area contributed by atoms with Crippen LogP contribution in [0.4, 0.5) is 8.78 Å². The van der Waals surface area contributed by atoms with Gasteiger partial charge in [-0.25, -0.2) is 13.0 Å². The Labute approximate surface area is 156 Å². The molecule has 0 aliphatic carbocycles. The Hall–Kier alpha value is -3.62. The summed E-state index contributed by atoms with van der Waals surface area (Å²) < 4.78 is 41.3. The first-order chi connectivity index (χ1) is 12.9. The van der Waals surface area contributed by atoms with Crippen LogP contribution in [0.2, 0.25) is 0 Å². The fourth-order valence-electron chi connectivity index (χ4n) is 1.93. The molecule has 0 bridgehead atoms. The van der Waals surface area contributed by atoms with Gasteiger partial charge in [0.2, 0.25) is 0 Å². The molecule has 1 N–H and O–H groups in total. The number of benzene rings is 2. The molecular formula is C19H11F2N3O2S. The van der Waals surface area contributed by atoms with Gasteiger partial charge in [0.15, 0.2) is 0 Å². The smallest absolute Gasteiger partial charge is 0.255 e. The van der Waals surface area contributed by atoms with E-state index < -0.39 is 28.5 Å². The molecule has 0 saturated heterocycles. The van der Waals surface area contributed by atoms with Gasteiger partial charge in [-0.2, -0.15) is 10.5 Å². The molecule has 0 heterocycles. The molecule has 5 nitrogen and oxygen atoms in total. The minimum atomic E-state index is -1.93. The highest BCUT2D eigenvalue weighted by Gasteiger charge is 2.04.